The topological polar surface area (TPSA) is 35.2 Å². The summed E-state index contributed by atoms with van der Waals surface area (Å²) in [4.78, 5) is 0. The van der Waals surface area contributed by atoms with E-state index in [4.69, 9.17) is 5.73 Å². The van der Waals surface area contributed by atoms with E-state index in [2.05, 4.69) is 4.74 Å². The van der Waals surface area contributed by atoms with Crippen LogP contribution in [0.1, 0.15) is 5.56 Å². The number of hydrogen-bond acceptors (Lipinski definition) is 2. The van der Waals surface area contributed by atoms with E-state index in [-0.39, 0.29) is 12.3 Å². The van der Waals surface area contributed by atoms with Gasteiger partial charge in [-0.15, -0.1) is 0 Å². The fourth-order valence-electron chi connectivity index (χ4n) is 0.953. The lowest BCUT2D eigenvalue weighted by Crippen LogP contribution is -2.02. The van der Waals surface area contributed by atoms with Gasteiger partial charge in [0, 0.05) is 12.1 Å². The fourth-order valence-corrected chi connectivity index (χ4v) is 0.953. The van der Waals surface area contributed by atoms with Crippen LogP contribution in [0, 0.1) is 11.6 Å². The van der Waals surface area contributed by atoms with Crippen molar-refractivity contribution in [3.8, 4) is 5.75 Å². The molecule has 0 heterocycles. The normalized spacial score (nSPS) is 10.0. The monoisotopic (exact) mass is 173 g/mol. The Morgan fingerprint density at radius 2 is 2.08 bits per heavy atom. The standard InChI is InChI=1S/C8H9F2NO/c1-12-8-5(4-11)2-3-6(9)7(8)10/h2-3H,4,11H2,1H3. The molecule has 0 bridgehead atoms. The Balaban J connectivity index is 3.25. The van der Waals surface area contributed by atoms with E-state index in [9.17, 15) is 8.78 Å². The van der Waals surface area contributed by atoms with Gasteiger partial charge in [0.15, 0.2) is 11.6 Å². The zero-order valence-corrected chi connectivity index (χ0v) is 6.60. The van der Waals surface area contributed by atoms with Crippen LogP contribution in [0.5, 0.6) is 5.75 Å². The molecule has 0 saturated carbocycles. The number of rotatable bonds is 2. The molecule has 66 valence electrons. The van der Waals surface area contributed by atoms with Crippen LogP contribution in [0.3, 0.4) is 0 Å². The summed E-state index contributed by atoms with van der Waals surface area (Å²) in [7, 11) is 1.27. The first kappa shape index (κ1) is 8.93. The van der Waals surface area contributed by atoms with Crippen LogP contribution in [-0.2, 0) is 6.54 Å². The second-order valence-corrected chi connectivity index (χ2v) is 2.26. The molecule has 0 saturated heterocycles. The highest BCUT2D eigenvalue weighted by atomic mass is 19.2. The molecule has 0 amide bonds. The molecule has 0 aromatic heterocycles. The first-order valence-corrected chi connectivity index (χ1v) is 3.41. The van der Waals surface area contributed by atoms with Crippen LogP contribution in [0.25, 0.3) is 0 Å². The van der Waals surface area contributed by atoms with E-state index in [1.807, 2.05) is 0 Å². The average Bonchev–Trinajstić information content (AvgIpc) is 2.09. The Labute approximate surface area is 68.9 Å². The minimum atomic E-state index is -0.986. The van der Waals surface area contributed by atoms with Gasteiger partial charge in [-0.2, -0.15) is 4.39 Å². The second kappa shape index (κ2) is 3.49. The van der Waals surface area contributed by atoms with Crippen molar-refractivity contribution in [3.05, 3.63) is 29.3 Å². The molecular weight excluding hydrogens is 164 g/mol. The maximum atomic E-state index is 12.9. The smallest absolute Gasteiger partial charge is 0.200 e. The molecule has 1 aromatic carbocycles. The summed E-state index contributed by atoms with van der Waals surface area (Å²) < 4.78 is 30.1. The maximum absolute atomic E-state index is 12.9. The van der Waals surface area contributed by atoms with Gasteiger partial charge in [-0.25, -0.2) is 4.39 Å². The van der Waals surface area contributed by atoms with Crippen molar-refractivity contribution >= 4 is 0 Å². The van der Waals surface area contributed by atoms with Gasteiger partial charge in [-0.05, 0) is 6.07 Å². The van der Waals surface area contributed by atoms with Gasteiger partial charge in [-0.3, -0.25) is 0 Å². The van der Waals surface area contributed by atoms with Crippen LogP contribution in [0.4, 0.5) is 8.78 Å². The predicted octanol–water partition coefficient (Wildman–Crippen LogP) is 1.43. The maximum Gasteiger partial charge on any atom is 0.200 e. The van der Waals surface area contributed by atoms with E-state index in [0.717, 1.165) is 6.07 Å². The van der Waals surface area contributed by atoms with Crippen molar-refractivity contribution < 1.29 is 13.5 Å². The number of halogens is 2. The largest absolute Gasteiger partial charge is 0.493 e. The summed E-state index contributed by atoms with van der Waals surface area (Å²) in [6, 6.07) is 2.43. The minimum absolute atomic E-state index is 0.113. The number of hydrogen-bond donors (Lipinski definition) is 1. The van der Waals surface area contributed by atoms with Gasteiger partial charge in [0.1, 0.15) is 0 Å². The lowest BCUT2D eigenvalue weighted by molar-refractivity contribution is 0.367. The highest BCUT2D eigenvalue weighted by molar-refractivity contribution is 5.35. The third-order valence-electron chi connectivity index (χ3n) is 1.56. The lowest BCUT2D eigenvalue weighted by atomic mass is 10.2. The number of methoxy groups -OCH3 is 1. The highest BCUT2D eigenvalue weighted by Crippen LogP contribution is 2.23. The van der Waals surface area contributed by atoms with Crippen LogP contribution >= 0.6 is 0 Å². The molecule has 0 aliphatic carbocycles. The van der Waals surface area contributed by atoms with Gasteiger partial charge >= 0.3 is 0 Å². The Morgan fingerprint density at radius 1 is 1.42 bits per heavy atom. The first-order valence-electron chi connectivity index (χ1n) is 3.41. The summed E-state index contributed by atoms with van der Waals surface area (Å²) in [6.45, 7) is 0.125. The molecule has 0 fully saturated rings. The van der Waals surface area contributed by atoms with Gasteiger partial charge in [-0.1, -0.05) is 6.07 Å². The van der Waals surface area contributed by atoms with E-state index in [1.165, 1.54) is 13.2 Å². The third-order valence-corrected chi connectivity index (χ3v) is 1.56. The fraction of sp³-hybridized carbons (Fsp3) is 0.250. The van der Waals surface area contributed by atoms with Crippen LogP contribution < -0.4 is 10.5 Å². The molecule has 0 atom stereocenters. The number of benzene rings is 1. The average molecular weight is 173 g/mol. The Kier molecular flexibility index (Phi) is 2.60. The summed E-state index contributed by atoms with van der Waals surface area (Å²) in [5.41, 5.74) is 5.73. The van der Waals surface area contributed by atoms with Gasteiger partial charge in [0.25, 0.3) is 0 Å². The quantitative estimate of drug-likeness (QED) is 0.734. The van der Waals surface area contributed by atoms with Crippen molar-refractivity contribution in [1.82, 2.24) is 0 Å². The number of ether oxygens (including phenoxy) is 1. The van der Waals surface area contributed by atoms with Crippen molar-refractivity contribution in [1.29, 1.82) is 0 Å². The Bertz CT molecular complexity index is 289. The van der Waals surface area contributed by atoms with E-state index in [1.54, 1.807) is 0 Å². The predicted molar refractivity (Wildman–Crippen MR) is 40.8 cm³/mol. The zero-order chi connectivity index (χ0) is 9.14. The van der Waals surface area contributed by atoms with Crippen LogP contribution in [0.2, 0.25) is 0 Å². The third kappa shape index (κ3) is 1.38. The van der Waals surface area contributed by atoms with Gasteiger partial charge in [0.05, 0.1) is 7.11 Å². The number of nitrogens with two attached hydrogens (primary N) is 1. The van der Waals surface area contributed by atoms with E-state index >= 15 is 0 Å². The molecule has 2 nitrogen and oxygen atoms in total. The van der Waals surface area contributed by atoms with E-state index in [0.29, 0.717) is 5.56 Å². The van der Waals surface area contributed by atoms with Crippen molar-refractivity contribution in [3.63, 3.8) is 0 Å². The van der Waals surface area contributed by atoms with Crippen molar-refractivity contribution in [2.24, 2.45) is 5.73 Å². The summed E-state index contributed by atoms with van der Waals surface area (Å²) in [5.74, 6) is -2.03. The molecule has 0 aliphatic heterocycles. The van der Waals surface area contributed by atoms with Crippen molar-refractivity contribution in [2.45, 2.75) is 6.54 Å². The van der Waals surface area contributed by atoms with Gasteiger partial charge < -0.3 is 10.5 Å². The molecule has 0 radical (unpaired) electrons. The molecule has 1 aromatic rings. The molecule has 1 rings (SSSR count). The van der Waals surface area contributed by atoms with Crippen LogP contribution in [-0.4, -0.2) is 7.11 Å². The molecule has 12 heavy (non-hydrogen) atoms. The molecule has 2 N–H and O–H groups in total. The minimum Gasteiger partial charge on any atom is -0.493 e. The Morgan fingerprint density at radius 3 is 2.58 bits per heavy atom. The summed E-state index contributed by atoms with van der Waals surface area (Å²) in [6.07, 6.45) is 0. The lowest BCUT2D eigenvalue weighted by Gasteiger charge is -2.07. The summed E-state index contributed by atoms with van der Waals surface area (Å²) in [5, 5.41) is 0. The molecular formula is C8H9F2NO. The zero-order valence-electron chi connectivity index (χ0n) is 6.60. The highest BCUT2D eigenvalue weighted by Gasteiger charge is 2.12. The summed E-state index contributed by atoms with van der Waals surface area (Å²) >= 11 is 0. The van der Waals surface area contributed by atoms with Crippen molar-refractivity contribution in [2.75, 3.05) is 7.11 Å². The second-order valence-electron chi connectivity index (χ2n) is 2.26. The first-order chi connectivity index (χ1) is 5.70. The van der Waals surface area contributed by atoms with Gasteiger partial charge in [0.2, 0.25) is 5.82 Å². The van der Waals surface area contributed by atoms with Crippen LogP contribution in [0.15, 0.2) is 12.1 Å². The molecule has 0 spiro atoms. The molecule has 0 unspecified atom stereocenters. The molecule has 0 aliphatic rings. The molecule has 4 heteroatoms. The van der Waals surface area contributed by atoms with E-state index < -0.39 is 11.6 Å². The SMILES string of the molecule is COc1c(CN)ccc(F)c1F. The Hall–Kier alpha value is -1.16.